The lowest BCUT2D eigenvalue weighted by molar-refractivity contribution is -0.137. The molecule has 0 radical (unpaired) electrons. The van der Waals surface area contributed by atoms with Gasteiger partial charge < -0.3 is 0 Å². The Hall–Kier alpha value is -2.94. The number of hydrogen-bond donors (Lipinski definition) is 0. The van der Waals surface area contributed by atoms with E-state index in [9.17, 15) is 26.4 Å². The number of benzene rings is 2. The van der Waals surface area contributed by atoms with Crippen molar-refractivity contribution in [2.75, 3.05) is 0 Å². The van der Waals surface area contributed by atoms with Gasteiger partial charge in [0.25, 0.3) is 15.6 Å². The van der Waals surface area contributed by atoms with Crippen molar-refractivity contribution in [2.45, 2.75) is 11.1 Å². The molecule has 3 rings (SSSR count). The quantitative estimate of drug-likeness (QED) is 0.700. The number of rotatable bonds is 3. The third kappa shape index (κ3) is 3.25. The van der Waals surface area contributed by atoms with Crippen LogP contribution in [-0.4, -0.2) is 17.6 Å². The Morgan fingerprint density at radius 2 is 1.62 bits per heavy atom. The summed E-state index contributed by atoms with van der Waals surface area (Å²) in [6.45, 7) is 0. The maximum Gasteiger partial charge on any atom is 0.417 e. The number of alkyl halides is 3. The van der Waals surface area contributed by atoms with Crippen LogP contribution in [-0.2, 0) is 16.2 Å². The Morgan fingerprint density at radius 3 is 2.23 bits per heavy atom. The van der Waals surface area contributed by atoms with Crippen LogP contribution in [0.15, 0.2) is 76.6 Å². The van der Waals surface area contributed by atoms with Crippen molar-refractivity contribution in [1.29, 1.82) is 0 Å². The zero-order valence-corrected chi connectivity index (χ0v) is 13.8. The lowest BCUT2D eigenvalue weighted by atomic mass is 9.99. The fraction of sp³-hybridized carbons (Fsp3) is 0.0588. The average Bonchev–Trinajstić information content (AvgIpc) is 2.61. The first kappa shape index (κ1) is 17.9. The molecule has 0 aliphatic rings. The topological polar surface area (TPSA) is 69.0 Å². The molecule has 1 aromatic heterocycles. The van der Waals surface area contributed by atoms with E-state index in [-0.39, 0.29) is 9.65 Å². The molecular formula is C17H11F3N2O3S. The average molecular weight is 380 g/mol. The highest BCUT2D eigenvalue weighted by molar-refractivity contribution is 7.89. The van der Waals surface area contributed by atoms with Gasteiger partial charge in [-0.1, -0.05) is 36.4 Å². The van der Waals surface area contributed by atoms with Crippen molar-refractivity contribution in [2.24, 2.45) is 0 Å². The fourth-order valence-electron chi connectivity index (χ4n) is 2.41. The van der Waals surface area contributed by atoms with Crippen LogP contribution in [0.5, 0.6) is 0 Å². The lowest BCUT2D eigenvalue weighted by Crippen LogP contribution is -2.29. The summed E-state index contributed by atoms with van der Waals surface area (Å²) in [6, 6.07) is 12.6. The largest absolute Gasteiger partial charge is 0.417 e. The van der Waals surface area contributed by atoms with E-state index in [1.165, 1.54) is 18.2 Å². The SMILES string of the molecule is O=c1cccnn1S(=O)(=O)c1ccc(-c2ccccc2)c(C(F)(F)F)c1. The van der Waals surface area contributed by atoms with E-state index in [0.717, 1.165) is 24.4 Å². The van der Waals surface area contributed by atoms with Crippen LogP contribution in [0.2, 0.25) is 0 Å². The van der Waals surface area contributed by atoms with E-state index in [1.54, 1.807) is 18.2 Å². The molecule has 5 nitrogen and oxygen atoms in total. The van der Waals surface area contributed by atoms with E-state index >= 15 is 0 Å². The summed E-state index contributed by atoms with van der Waals surface area (Å²) in [7, 11) is -4.56. The summed E-state index contributed by atoms with van der Waals surface area (Å²) in [4.78, 5) is 11.0. The Bertz CT molecular complexity index is 1110. The molecule has 1 heterocycles. The molecule has 0 fully saturated rings. The smallest absolute Gasteiger partial charge is 0.267 e. The summed E-state index contributed by atoms with van der Waals surface area (Å²) in [5.41, 5.74) is -1.95. The highest BCUT2D eigenvalue weighted by Gasteiger charge is 2.35. The van der Waals surface area contributed by atoms with E-state index < -0.39 is 32.2 Å². The predicted octanol–water partition coefficient (Wildman–Crippen LogP) is 3.17. The van der Waals surface area contributed by atoms with Gasteiger partial charge >= 0.3 is 6.18 Å². The highest BCUT2D eigenvalue weighted by Crippen LogP contribution is 2.38. The second-order valence-electron chi connectivity index (χ2n) is 5.28. The molecule has 0 bridgehead atoms. The molecule has 0 aliphatic carbocycles. The second kappa shape index (κ2) is 6.41. The predicted molar refractivity (Wildman–Crippen MR) is 88.0 cm³/mol. The van der Waals surface area contributed by atoms with E-state index in [4.69, 9.17) is 0 Å². The van der Waals surface area contributed by atoms with Crippen LogP contribution in [0.4, 0.5) is 13.2 Å². The first-order valence-corrected chi connectivity index (χ1v) is 8.72. The molecule has 26 heavy (non-hydrogen) atoms. The molecule has 134 valence electrons. The molecule has 0 amide bonds. The number of aromatic nitrogens is 2. The molecule has 0 saturated carbocycles. The van der Waals surface area contributed by atoms with Crippen molar-refractivity contribution in [3.05, 3.63) is 82.8 Å². The third-order valence-corrected chi connectivity index (χ3v) is 5.17. The zero-order chi connectivity index (χ0) is 18.9. The zero-order valence-electron chi connectivity index (χ0n) is 13.0. The van der Waals surface area contributed by atoms with Gasteiger partial charge in [0.1, 0.15) is 0 Å². The molecule has 0 N–H and O–H groups in total. The van der Waals surface area contributed by atoms with Crippen LogP contribution in [0, 0.1) is 0 Å². The third-order valence-electron chi connectivity index (χ3n) is 3.59. The molecule has 0 unspecified atom stereocenters. The van der Waals surface area contributed by atoms with Crippen molar-refractivity contribution in [1.82, 2.24) is 9.19 Å². The fourth-order valence-corrected chi connectivity index (χ4v) is 3.60. The first-order valence-electron chi connectivity index (χ1n) is 7.28. The molecule has 0 saturated heterocycles. The van der Waals surface area contributed by atoms with Gasteiger partial charge in [0.05, 0.1) is 10.5 Å². The second-order valence-corrected chi connectivity index (χ2v) is 7.05. The molecule has 9 heteroatoms. The van der Waals surface area contributed by atoms with Crippen molar-refractivity contribution in [3.8, 4) is 11.1 Å². The summed E-state index contributed by atoms with van der Waals surface area (Å²) in [6.07, 6.45) is -3.73. The minimum absolute atomic E-state index is 0.157. The Kier molecular flexibility index (Phi) is 4.41. The maximum absolute atomic E-state index is 13.5. The Morgan fingerprint density at radius 1 is 0.923 bits per heavy atom. The molecular weight excluding hydrogens is 369 g/mol. The van der Waals surface area contributed by atoms with Crippen molar-refractivity contribution in [3.63, 3.8) is 0 Å². The summed E-state index contributed by atoms with van der Waals surface area (Å²) >= 11 is 0. The maximum atomic E-state index is 13.5. The number of nitrogens with zero attached hydrogens (tertiary/aromatic N) is 2. The van der Waals surface area contributed by atoms with Crippen LogP contribution < -0.4 is 5.56 Å². The van der Waals surface area contributed by atoms with Crippen LogP contribution in [0.3, 0.4) is 0 Å². The van der Waals surface area contributed by atoms with Gasteiger partial charge in [-0.15, -0.1) is 4.09 Å². The number of hydrogen-bond acceptors (Lipinski definition) is 4. The van der Waals surface area contributed by atoms with Crippen LogP contribution in [0.1, 0.15) is 5.56 Å². The minimum atomic E-state index is -4.79. The summed E-state index contributed by atoms with van der Waals surface area (Å²) < 4.78 is 65.7. The van der Waals surface area contributed by atoms with Crippen molar-refractivity contribution >= 4 is 10.0 Å². The van der Waals surface area contributed by atoms with Crippen LogP contribution >= 0.6 is 0 Å². The number of halogens is 3. The summed E-state index contributed by atoms with van der Waals surface area (Å²) in [5, 5.41) is 3.43. The van der Waals surface area contributed by atoms with E-state index in [0.29, 0.717) is 11.6 Å². The molecule has 3 aromatic rings. The molecule has 0 aliphatic heterocycles. The minimum Gasteiger partial charge on any atom is -0.267 e. The van der Waals surface area contributed by atoms with Gasteiger partial charge in [-0.05, 0) is 29.3 Å². The van der Waals surface area contributed by atoms with Gasteiger partial charge in [0, 0.05) is 12.3 Å². The van der Waals surface area contributed by atoms with Crippen molar-refractivity contribution < 1.29 is 21.6 Å². The molecule has 0 atom stereocenters. The van der Waals surface area contributed by atoms with Gasteiger partial charge in [-0.3, -0.25) is 4.79 Å². The standard InChI is InChI=1S/C17H11F3N2O3S/c18-17(19,20)15-11-13(8-9-14(15)12-5-2-1-3-6-12)26(24,25)22-16(23)7-4-10-21-22/h1-11H. The Balaban J connectivity index is 2.23. The lowest BCUT2D eigenvalue weighted by Gasteiger charge is -2.15. The van der Waals surface area contributed by atoms with E-state index in [1.807, 2.05) is 0 Å². The molecule has 0 spiro atoms. The van der Waals surface area contributed by atoms with Gasteiger partial charge in [-0.2, -0.15) is 26.7 Å². The van der Waals surface area contributed by atoms with Gasteiger partial charge in [0.15, 0.2) is 0 Å². The monoisotopic (exact) mass is 380 g/mol. The normalized spacial score (nSPS) is 12.1. The Labute approximate surface area is 146 Å². The highest BCUT2D eigenvalue weighted by atomic mass is 32.2. The first-order chi connectivity index (χ1) is 12.2. The van der Waals surface area contributed by atoms with Crippen LogP contribution in [0.25, 0.3) is 11.1 Å². The summed E-state index contributed by atoms with van der Waals surface area (Å²) in [5.74, 6) is 0. The van der Waals surface area contributed by atoms with Gasteiger partial charge in [-0.25, -0.2) is 0 Å². The van der Waals surface area contributed by atoms with Gasteiger partial charge in [0.2, 0.25) is 0 Å². The van der Waals surface area contributed by atoms with E-state index in [2.05, 4.69) is 5.10 Å². The molecule has 2 aromatic carbocycles.